The average Bonchev–Trinajstić information content (AvgIpc) is 2.86. The van der Waals surface area contributed by atoms with E-state index in [1.165, 1.54) is 24.3 Å². The third-order valence-corrected chi connectivity index (χ3v) is 6.01. The van der Waals surface area contributed by atoms with Gasteiger partial charge in [-0.1, -0.05) is 24.3 Å². The van der Waals surface area contributed by atoms with Gasteiger partial charge in [0, 0.05) is 16.6 Å². The Morgan fingerprint density at radius 3 is 2.43 bits per heavy atom. The second-order valence-electron chi connectivity index (χ2n) is 7.50. The van der Waals surface area contributed by atoms with Crippen molar-refractivity contribution in [1.29, 1.82) is 0 Å². The minimum Gasteiger partial charge on any atom is -0.497 e. The Labute approximate surface area is 201 Å². The molecule has 0 unspecified atom stereocenters. The minimum absolute atomic E-state index is 0.151. The predicted molar refractivity (Wildman–Crippen MR) is 130 cm³/mol. The minimum atomic E-state index is -3.92. The monoisotopic (exact) mass is 491 g/mol. The molecule has 0 atom stereocenters. The number of primary sulfonamides is 1. The van der Waals surface area contributed by atoms with Crippen LogP contribution in [0.1, 0.15) is 10.4 Å². The number of nitrogens with zero attached hydrogens (tertiary/aromatic N) is 1. The smallest absolute Gasteiger partial charge is 0.339 e. The average molecular weight is 492 g/mol. The predicted octanol–water partition coefficient (Wildman–Crippen LogP) is 3.35. The molecule has 0 aliphatic heterocycles. The van der Waals surface area contributed by atoms with Crippen LogP contribution in [0.15, 0.2) is 83.8 Å². The first-order valence-corrected chi connectivity index (χ1v) is 11.9. The lowest BCUT2D eigenvalue weighted by Crippen LogP contribution is -2.21. The van der Waals surface area contributed by atoms with Crippen LogP contribution in [0.4, 0.5) is 5.69 Å². The molecule has 0 spiro atoms. The fourth-order valence-electron chi connectivity index (χ4n) is 3.41. The van der Waals surface area contributed by atoms with E-state index in [1.807, 2.05) is 18.2 Å². The van der Waals surface area contributed by atoms with Gasteiger partial charge in [0.2, 0.25) is 10.0 Å². The number of carbonyl (C=O) groups excluding carboxylic acids is 2. The van der Waals surface area contributed by atoms with Crippen LogP contribution >= 0.6 is 0 Å². The number of pyridine rings is 1. The topological polar surface area (TPSA) is 138 Å². The number of carbonyl (C=O) groups is 2. The number of benzene rings is 3. The van der Waals surface area contributed by atoms with Gasteiger partial charge in [-0.3, -0.25) is 4.79 Å². The molecule has 3 aromatic carbocycles. The highest BCUT2D eigenvalue weighted by Crippen LogP contribution is 2.27. The number of methoxy groups -OCH3 is 1. The first-order valence-electron chi connectivity index (χ1n) is 10.4. The Balaban J connectivity index is 1.54. The largest absolute Gasteiger partial charge is 0.497 e. The van der Waals surface area contributed by atoms with Crippen molar-refractivity contribution < 1.29 is 27.5 Å². The lowest BCUT2D eigenvalue weighted by Gasteiger charge is -2.11. The number of anilines is 1. The Morgan fingerprint density at radius 1 is 0.971 bits per heavy atom. The second kappa shape index (κ2) is 9.92. The summed E-state index contributed by atoms with van der Waals surface area (Å²) in [6.45, 7) is -0.576. The Hall–Kier alpha value is -4.28. The van der Waals surface area contributed by atoms with Crippen LogP contribution in [-0.4, -0.2) is 39.0 Å². The van der Waals surface area contributed by atoms with Crippen molar-refractivity contribution in [3.63, 3.8) is 0 Å². The highest BCUT2D eigenvalue weighted by atomic mass is 32.2. The van der Waals surface area contributed by atoms with Crippen LogP contribution < -0.4 is 15.2 Å². The van der Waals surface area contributed by atoms with Gasteiger partial charge in [-0.05, 0) is 54.6 Å². The number of sulfonamides is 1. The molecule has 0 saturated heterocycles. The molecule has 4 aromatic rings. The quantitative estimate of drug-likeness (QED) is 0.378. The first kappa shape index (κ1) is 23.9. The molecule has 1 heterocycles. The zero-order valence-corrected chi connectivity index (χ0v) is 19.4. The summed E-state index contributed by atoms with van der Waals surface area (Å²) >= 11 is 0. The summed E-state index contributed by atoms with van der Waals surface area (Å²) in [6.07, 6.45) is 0. The molecule has 4 rings (SSSR count). The van der Waals surface area contributed by atoms with Gasteiger partial charge in [-0.15, -0.1) is 0 Å². The Kier molecular flexibility index (Phi) is 6.76. The maximum absolute atomic E-state index is 12.9. The van der Waals surface area contributed by atoms with Gasteiger partial charge in [-0.25, -0.2) is 23.3 Å². The summed E-state index contributed by atoms with van der Waals surface area (Å²) in [7, 11) is -2.35. The van der Waals surface area contributed by atoms with Crippen molar-refractivity contribution in [2.24, 2.45) is 5.14 Å². The van der Waals surface area contributed by atoms with E-state index >= 15 is 0 Å². The number of nitrogens with two attached hydrogens (primary N) is 1. The van der Waals surface area contributed by atoms with Gasteiger partial charge in [0.1, 0.15) is 5.75 Å². The van der Waals surface area contributed by atoms with Gasteiger partial charge in [0.05, 0.1) is 28.8 Å². The van der Waals surface area contributed by atoms with Crippen molar-refractivity contribution >= 4 is 38.5 Å². The van der Waals surface area contributed by atoms with E-state index in [4.69, 9.17) is 14.6 Å². The molecule has 1 aromatic heterocycles. The van der Waals surface area contributed by atoms with Crippen molar-refractivity contribution in [2.75, 3.05) is 19.0 Å². The summed E-state index contributed by atoms with van der Waals surface area (Å²) in [5.41, 5.74) is 2.39. The number of esters is 1. The third-order valence-electron chi connectivity index (χ3n) is 5.10. The molecule has 0 aliphatic carbocycles. The molecule has 0 saturated carbocycles. The maximum Gasteiger partial charge on any atom is 0.339 e. The fourth-order valence-corrected chi connectivity index (χ4v) is 3.97. The normalized spacial score (nSPS) is 11.1. The Morgan fingerprint density at radius 2 is 1.71 bits per heavy atom. The molecule has 0 bridgehead atoms. The summed E-state index contributed by atoms with van der Waals surface area (Å²) in [5, 5.41) is 8.18. The number of hydrogen-bond acceptors (Lipinski definition) is 7. The van der Waals surface area contributed by atoms with Crippen molar-refractivity contribution in [3.05, 3.63) is 84.4 Å². The van der Waals surface area contributed by atoms with Crippen molar-refractivity contribution in [3.8, 4) is 17.0 Å². The molecule has 35 heavy (non-hydrogen) atoms. The van der Waals surface area contributed by atoms with E-state index in [1.54, 1.807) is 43.5 Å². The number of amides is 1. The zero-order chi connectivity index (χ0) is 25.0. The lowest BCUT2D eigenvalue weighted by atomic mass is 10.0. The highest BCUT2D eigenvalue weighted by Gasteiger charge is 2.17. The molecule has 10 heteroatoms. The number of nitrogens with one attached hydrogen (secondary N) is 1. The van der Waals surface area contributed by atoms with Crippen molar-refractivity contribution in [1.82, 2.24) is 4.98 Å². The van der Waals surface area contributed by atoms with Gasteiger partial charge in [0.25, 0.3) is 5.91 Å². The zero-order valence-electron chi connectivity index (χ0n) is 18.6. The third kappa shape index (κ3) is 5.62. The molecule has 0 aliphatic rings. The highest BCUT2D eigenvalue weighted by molar-refractivity contribution is 7.89. The molecular weight excluding hydrogens is 470 g/mol. The summed E-state index contributed by atoms with van der Waals surface area (Å²) in [5.74, 6) is -0.653. The van der Waals surface area contributed by atoms with Crippen LogP contribution in [0.5, 0.6) is 5.75 Å². The summed E-state index contributed by atoms with van der Waals surface area (Å²) in [4.78, 5) is 29.8. The first-order chi connectivity index (χ1) is 16.7. The van der Waals surface area contributed by atoms with Crippen molar-refractivity contribution in [2.45, 2.75) is 4.90 Å². The van der Waals surface area contributed by atoms with Crippen LogP contribution in [0.2, 0.25) is 0 Å². The summed E-state index contributed by atoms with van der Waals surface area (Å²) in [6, 6.07) is 21.4. The van der Waals surface area contributed by atoms with Crippen LogP contribution in [0.25, 0.3) is 22.2 Å². The molecular formula is C25H21N3O6S. The number of para-hydroxylation sites is 1. The van der Waals surface area contributed by atoms with E-state index in [-0.39, 0.29) is 16.1 Å². The van der Waals surface area contributed by atoms with Gasteiger partial charge in [-0.2, -0.15) is 0 Å². The molecule has 0 fully saturated rings. The van der Waals surface area contributed by atoms with E-state index in [9.17, 15) is 18.0 Å². The SMILES string of the molecule is COc1ccc(-c2cc(C(=O)OCC(=O)Nc3cccc(S(N)(=O)=O)c3)c3ccccc3n2)cc1. The number of aromatic nitrogens is 1. The molecule has 9 nitrogen and oxygen atoms in total. The molecule has 1 amide bonds. The fraction of sp³-hybridized carbons (Fsp3) is 0.0800. The molecule has 178 valence electrons. The van der Waals surface area contributed by atoms with Crippen LogP contribution in [-0.2, 0) is 19.6 Å². The molecule has 0 radical (unpaired) electrons. The van der Waals surface area contributed by atoms with E-state index < -0.39 is 28.5 Å². The lowest BCUT2D eigenvalue weighted by molar-refractivity contribution is -0.119. The van der Waals surface area contributed by atoms with Crippen LogP contribution in [0, 0.1) is 0 Å². The van der Waals surface area contributed by atoms with Gasteiger partial charge >= 0.3 is 5.97 Å². The number of fused-ring (bicyclic) bond motifs is 1. The van der Waals surface area contributed by atoms with E-state index in [2.05, 4.69) is 10.3 Å². The standard InChI is InChI=1S/C25H21N3O6S/c1-33-18-11-9-16(10-12-18)23-14-21(20-7-2-3-8-22(20)28-23)25(30)34-15-24(29)27-17-5-4-6-19(13-17)35(26,31)32/h2-14H,15H2,1H3,(H,27,29)(H2,26,31,32). The van der Waals surface area contributed by atoms with Crippen LogP contribution in [0.3, 0.4) is 0 Å². The Bertz CT molecular complexity index is 1520. The van der Waals surface area contributed by atoms with Gasteiger partial charge in [0.15, 0.2) is 6.61 Å². The second-order valence-corrected chi connectivity index (χ2v) is 9.06. The number of ether oxygens (including phenoxy) is 2. The summed E-state index contributed by atoms with van der Waals surface area (Å²) < 4.78 is 33.4. The maximum atomic E-state index is 12.9. The van der Waals surface area contributed by atoms with Gasteiger partial charge < -0.3 is 14.8 Å². The number of rotatable bonds is 7. The molecule has 3 N–H and O–H groups in total. The number of hydrogen-bond donors (Lipinski definition) is 2. The van der Waals surface area contributed by atoms with E-state index in [0.29, 0.717) is 22.3 Å². The van der Waals surface area contributed by atoms with E-state index in [0.717, 1.165) is 5.56 Å².